The molecule has 0 radical (unpaired) electrons. The van der Waals surface area contributed by atoms with Gasteiger partial charge in [0.15, 0.2) is 0 Å². The normalized spacial score (nSPS) is 14.0. The van der Waals surface area contributed by atoms with Gasteiger partial charge in [0.1, 0.15) is 10.6 Å². The Morgan fingerprint density at radius 2 is 1.75 bits per heavy atom. The van der Waals surface area contributed by atoms with E-state index in [4.69, 9.17) is 4.18 Å². The zero-order chi connectivity index (χ0) is 17.5. The Labute approximate surface area is 141 Å². The molecule has 1 amide bonds. The fraction of sp³-hybridized carbons (Fsp3) is 0.278. The van der Waals surface area contributed by atoms with Gasteiger partial charge in [0.2, 0.25) is 0 Å². The van der Waals surface area contributed by atoms with Crippen LogP contribution in [0.1, 0.15) is 32.6 Å². The Hall–Kier alpha value is -2.34. The predicted octanol–water partition coefficient (Wildman–Crippen LogP) is 2.67. The number of hydrogen-bond donors (Lipinski definition) is 1. The number of carbonyl (C=O) groups is 1. The molecule has 1 heterocycles. The Balaban J connectivity index is 2.02. The lowest BCUT2D eigenvalue weighted by molar-refractivity contribution is 0.0945. The van der Waals surface area contributed by atoms with Crippen LogP contribution in [0.25, 0.3) is 0 Å². The summed E-state index contributed by atoms with van der Waals surface area (Å²) in [5.41, 5.74) is 3.73. The molecule has 2 aromatic carbocycles. The molecule has 1 aliphatic heterocycles. The molecule has 2 aromatic rings. The average molecular weight is 345 g/mol. The van der Waals surface area contributed by atoms with Crippen LogP contribution in [0, 0.1) is 20.8 Å². The molecule has 0 fully saturated rings. The van der Waals surface area contributed by atoms with E-state index < -0.39 is 10.1 Å². The van der Waals surface area contributed by atoms with E-state index in [2.05, 4.69) is 5.32 Å². The van der Waals surface area contributed by atoms with Crippen molar-refractivity contribution in [3.63, 3.8) is 0 Å². The van der Waals surface area contributed by atoms with Crippen molar-refractivity contribution in [1.29, 1.82) is 0 Å². The lowest BCUT2D eigenvalue weighted by atomic mass is 10.0. The largest absolute Gasteiger partial charge is 0.378 e. The summed E-state index contributed by atoms with van der Waals surface area (Å²) in [7, 11) is -4.01. The second kappa shape index (κ2) is 5.94. The minimum absolute atomic E-state index is 0.0152. The summed E-state index contributed by atoms with van der Waals surface area (Å²) in [5.74, 6) is 0.0911. The van der Waals surface area contributed by atoms with E-state index in [9.17, 15) is 13.2 Å². The minimum atomic E-state index is -4.01. The van der Waals surface area contributed by atoms with Gasteiger partial charge < -0.3 is 9.50 Å². The lowest BCUT2D eigenvalue weighted by Crippen LogP contribution is -2.32. The second-order valence-corrected chi connectivity index (χ2v) is 7.56. The summed E-state index contributed by atoms with van der Waals surface area (Å²) in [6.45, 7) is 6.10. The van der Waals surface area contributed by atoms with Crippen molar-refractivity contribution >= 4 is 16.0 Å². The topological polar surface area (TPSA) is 72.5 Å². The quantitative estimate of drug-likeness (QED) is 0.868. The SMILES string of the molecule is Cc1ccc(C)c(OS(=O)(=O)c2ccc3c(c2)C(=O)NCC3)c1C. The Morgan fingerprint density at radius 1 is 1.04 bits per heavy atom. The summed E-state index contributed by atoms with van der Waals surface area (Å²) >= 11 is 0. The number of benzene rings is 2. The first-order valence-electron chi connectivity index (χ1n) is 7.72. The molecular formula is C18H19NO4S. The van der Waals surface area contributed by atoms with Gasteiger partial charge in [-0.05, 0) is 61.6 Å². The van der Waals surface area contributed by atoms with Crippen LogP contribution in [-0.2, 0) is 16.5 Å². The highest BCUT2D eigenvalue weighted by molar-refractivity contribution is 7.87. The first-order chi connectivity index (χ1) is 11.3. The third-order valence-corrected chi connectivity index (χ3v) is 5.58. The molecule has 0 spiro atoms. The molecule has 1 N–H and O–H groups in total. The van der Waals surface area contributed by atoms with Gasteiger partial charge in [-0.3, -0.25) is 4.79 Å². The van der Waals surface area contributed by atoms with E-state index >= 15 is 0 Å². The van der Waals surface area contributed by atoms with E-state index in [1.54, 1.807) is 13.0 Å². The fourth-order valence-electron chi connectivity index (χ4n) is 2.76. The maximum Gasteiger partial charge on any atom is 0.339 e. The molecule has 3 rings (SSSR count). The molecule has 5 nitrogen and oxygen atoms in total. The standard InChI is InChI=1S/C18H19NO4S/c1-11-4-5-12(2)17(13(11)3)23-24(21,22)15-7-6-14-8-9-19-18(20)16(14)10-15/h4-7,10H,8-9H2,1-3H3,(H,19,20). The van der Waals surface area contributed by atoms with E-state index in [1.807, 2.05) is 26.0 Å². The average Bonchev–Trinajstić information content (AvgIpc) is 2.55. The summed E-state index contributed by atoms with van der Waals surface area (Å²) in [6, 6.07) is 8.31. The number of fused-ring (bicyclic) bond motifs is 1. The highest BCUT2D eigenvalue weighted by Crippen LogP contribution is 2.29. The lowest BCUT2D eigenvalue weighted by Gasteiger charge is -2.18. The Kier molecular flexibility index (Phi) is 4.09. The molecule has 0 saturated heterocycles. The highest BCUT2D eigenvalue weighted by atomic mass is 32.2. The third kappa shape index (κ3) is 2.89. The van der Waals surface area contributed by atoms with E-state index in [-0.39, 0.29) is 10.8 Å². The molecule has 1 aliphatic rings. The predicted molar refractivity (Wildman–Crippen MR) is 90.9 cm³/mol. The molecule has 0 bridgehead atoms. The van der Waals surface area contributed by atoms with Crippen molar-refractivity contribution in [3.05, 3.63) is 58.1 Å². The maximum absolute atomic E-state index is 12.7. The second-order valence-electron chi connectivity index (χ2n) is 6.02. The first-order valence-corrected chi connectivity index (χ1v) is 9.13. The summed E-state index contributed by atoms with van der Waals surface area (Å²) in [4.78, 5) is 11.9. The molecular weight excluding hydrogens is 326 g/mol. The number of amides is 1. The van der Waals surface area contributed by atoms with Crippen molar-refractivity contribution in [2.45, 2.75) is 32.1 Å². The van der Waals surface area contributed by atoms with Gasteiger partial charge in [-0.15, -0.1) is 0 Å². The third-order valence-electron chi connectivity index (χ3n) is 4.36. The monoisotopic (exact) mass is 345 g/mol. The van der Waals surface area contributed by atoms with Gasteiger partial charge in [-0.2, -0.15) is 8.42 Å². The van der Waals surface area contributed by atoms with Gasteiger partial charge in [-0.1, -0.05) is 18.2 Å². The van der Waals surface area contributed by atoms with Crippen LogP contribution in [0.4, 0.5) is 0 Å². The van der Waals surface area contributed by atoms with Crippen LogP contribution in [-0.4, -0.2) is 20.9 Å². The van der Waals surface area contributed by atoms with Gasteiger partial charge in [-0.25, -0.2) is 0 Å². The van der Waals surface area contributed by atoms with Crippen LogP contribution >= 0.6 is 0 Å². The number of hydrogen-bond acceptors (Lipinski definition) is 4. The van der Waals surface area contributed by atoms with E-state index in [1.165, 1.54) is 12.1 Å². The molecule has 0 saturated carbocycles. The van der Waals surface area contributed by atoms with Crippen LogP contribution in [0.15, 0.2) is 35.2 Å². The van der Waals surface area contributed by atoms with E-state index in [0.717, 1.165) is 22.3 Å². The summed E-state index contributed by atoms with van der Waals surface area (Å²) < 4.78 is 30.7. The van der Waals surface area contributed by atoms with Crippen molar-refractivity contribution in [3.8, 4) is 5.75 Å². The van der Waals surface area contributed by atoms with Crippen molar-refractivity contribution in [2.24, 2.45) is 0 Å². The molecule has 0 aromatic heterocycles. The molecule has 0 aliphatic carbocycles. The molecule has 24 heavy (non-hydrogen) atoms. The first kappa shape index (κ1) is 16.5. The molecule has 6 heteroatoms. The van der Waals surface area contributed by atoms with Crippen molar-refractivity contribution in [2.75, 3.05) is 6.54 Å². The maximum atomic E-state index is 12.7. The Morgan fingerprint density at radius 3 is 2.50 bits per heavy atom. The Bertz CT molecular complexity index is 932. The van der Waals surface area contributed by atoms with Gasteiger partial charge >= 0.3 is 10.1 Å². The van der Waals surface area contributed by atoms with Gasteiger partial charge in [0.05, 0.1) is 0 Å². The van der Waals surface area contributed by atoms with Gasteiger partial charge in [0, 0.05) is 12.1 Å². The van der Waals surface area contributed by atoms with Crippen LogP contribution in [0.3, 0.4) is 0 Å². The minimum Gasteiger partial charge on any atom is -0.378 e. The summed E-state index contributed by atoms with van der Waals surface area (Å²) in [5, 5.41) is 2.72. The molecule has 0 atom stereocenters. The van der Waals surface area contributed by atoms with Crippen LogP contribution in [0.5, 0.6) is 5.75 Å². The summed E-state index contributed by atoms with van der Waals surface area (Å²) in [6.07, 6.45) is 0.693. The van der Waals surface area contributed by atoms with Crippen molar-refractivity contribution in [1.82, 2.24) is 5.32 Å². The number of nitrogens with one attached hydrogen (secondary N) is 1. The fourth-order valence-corrected chi connectivity index (χ4v) is 3.83. The number of carbonyl (C=O) groups excluding carboxylic acids is 1. The number of aryl methyl sites for hydroxylation is 2. The van der Waals surface area contributed by atoms with E-state index in [0.29, 0.717) is 24.3 Å². The zero-order valence-corrected chi connectivity index (χ0v) is 14.7. The molecule has 0 unspecified atom stereocenters. The molecule has 126 valence electrons. The smallest absolute Gasteiger partial charge is 0.339 e. The van der Waals surface area contributed by atoms with Crippen LogP contribution in [0.2, 0.25) is 0 Å². The van der Waals surface area contributed by atoms with Crippen LogP contribution < -0.4 is 9.50 Å². The zero-order valence-electron chi connectivity index (χ0n) is 13.8. The van der Waals surface area contributed by atoms with Gasteiger partial charge in [0.25, 0.3) is 5.91 Å². The number of rotatable bonds is 3. The van der Waals surface area contributed by atoms with Crippen molar-refractivity contribution < 1.29 is 17.4 Å². The highest BCUT2D eigenvalue weighted by Gasteiger charge is 2.24.